The number of rotatable bonds is 5. The minimum Gasteiger partial charge on any atom is -0.358 e. The van der Waals surface area contributed by atoms with Gasteiger partial charge in [0, 0.05) is 61.9 Å². The van der Waals surface area contributed by atoms with E-state index in [4.69, 9.17) is 0 Å². The van der Waals surface area contributed by atoms with E-state index in [1.165, 1.54) is 12.1 Å². The highest BCUT2D eigenvalue weighted by molar-refractivity contribution is 6.34. The normalized spacial score (nSPS) is 18.3. The van der Waals surface area contributed by atoms with E-state index in [2.05, 4.69) is 32.5 Å². The van der Waals surface area contributed by atoms with Crippen LogP contribution in [0.25, 0.3) is 11.6 Å². The van der Waals surface area contributed by atoms with Gasteiger partial charge < -0.3 is 20.5 Å². The molecular weight excluding hydrogens is 397 g/mol. The summed E-state index contributed by atoms with van der Waals surface area (Å²) in [4.78, 5) is 33.1. The number of hydrogen-bond donors (Lipinski definition) is 3. The van der Waals surface area contributed by atoms with Gasteiger partial charge in [-0.15, -0.1) is 0 Å². The number of aromatic amines is 1. The van der Waals surface area contributed by atoms with Gasteiger partial charge >= 0.3 is 0 Å². The van der Waals surface area contributed by atoms with Crippen LogP contribution >= 0.6 is 0 Å². The van der Waals surface area contributed by atoms with Gasteiger partial charge in [0.25, 0.3) is 11.8 Å². The van der Waals surface area contributed by atoms with Crippen molar-refractivity contribution in [2.75, 3.05) is 51.6 Å². The second kappa shape index (κ2) is 8.64. The molecule has 0 atom stereocenters. The molecule has 3 heterocycles. The van der Waals surface area contributed by atoms with Gasteiger partial charge in [-0.3, -0.25) is 14.5 Å². The van der Waals surface area contributed by atoms with Crippen LogP contribution in [0.1, 0.15) is 32.9 Å². The van der Waals surface area contributed by atoms with Crippen LogP contribution in [0.15, 0.2) is 18.2 Å². The summed E-state index contributed by atoms with van der Waals surface area (Å²) in [6.07, 6.45) is 1.68. The molecule has 0 aliphatic carbocycles. The van der Waals surface area contributed by atoms with Crippen molar-refractivity contribution in [2.24, 2.45) is 0 Å². The standard InChI is InChI=1S/C23H28FN5O2/c1-14-20(13-18-17-12-16(24)4-5-19(17)27-22(18)30)26-15(2)21(14)23(31)25-6-7-29-10-8-28(3)9-11-29/h4-5,12-13,26H,6-11H2,1-3H3,(H,25,31)(H,27,30). The number of halogens is 1. The Labute approximate surface area is 181 Å². The molecule has 2 aromatic rings. The van der Waals surface area contributed by atoms with Gasteiger partial charge in [0.2, 0.25) is 0 Å². The molecule has 2 amide bonds. The summed E-state index contributed by atoms with van der Waals surface area (Å²) in [6.45, 7) is 9.20. The molecule has 164 valence electrons. The summed E-state index contributed by atoms with van der Waals surface area (Å²) in [5.41, 5.74) is 4.24. The molecule has 0 radical (unpaired) electrons. The number of aromatic nitrogens is 1. The fourth-order valence-corrected chi connectivity index (χ4v) is 4.19. The number of H-pyrrole nitrogens is 1. The lowest BCUT2D eigenvalue weighted by molar-refractivity contribution is -0.110. The molecular formula is C23H28FN5O2. The average molecular weight is 426 g/mol. The second-order valence-corrected chi connectivity index (χ2v) is 8.27. The number of anilines is 1. The fraction of sp³-hybridized carbons (Fsp3) is 0.391. The Balaban J connectivity index is 1.48. The highest BCUT2D eigenvalue weighted by Gasteiger charge is 2.26. The molecule has 3 N–H and O–H groups in total. The molecule has 7 nitrogen and oxygen atoms in total. The van der Waals surface area contributed by atoms with Gasteiger partial charge in [0.1, 0.15) is 5.82 Å². The molecule has 1 aromatic heterocycles. The van der Waals surface area contributed by atoms with E-state index in [-0.39, 0.29) is 11.8 Å². The third-order valence-corrected chi connectivity index (χ3v) is 6.07. The Bertz CT molecular complexity index is 1050. The summed E-state index contributed by atoms with van der Waals surface area (Å²) >= 11 is 0. The van der Waals surface area contributed by atoms with Crippen molar-refractivity contribution in [1.29, 1.82) is 0 Å². The first-order valence-electron chi connectivity index (χ1n) is 10.5. The lowest BCUT2D eigenvalue weighted by Gasteiger charge is -2.32. The van der Waals surface area contributed by atoms with E-state index in [1.54, 1.807) is 12.1 Å². The molecule has 8 heteroatoms. The van der Waals surface area contributed by atoms with Crippen molar-refractivity contribution in [3.63, 3.8) is 0 Å². The van der Waals surface area contributed by atoms with Crippen LogP contribution in [0.3, 0.4) is 0 Å². The first-order chi connectivity index (χ1) is 14.8. The van der Waals surface area contributed by atoms with Crippen molar-refractivity contribution in [2.45, 2.75) is 13.8 Å². The number of benzene rings is 1. The lowest BCUT2D eigenvalue weighted by Crippen LogP contribution is -2.46. The van der Waals surface area contributed by atoms with Crippen LogP contribution in [-0.4, -0.2) is 72.9 Å². The molecule has 1 fully saturated rings. The summed E-state index contributed by atoms with van der Waals surface area (Å²) < 4.78 is 13.7. The summed E-state index contributed by atoms with van der Waals surface area (Å²) in [5.74, 6) is -0.821. The van der Waals surface area contributed by atoms with Gasteiger partial charge in [-0.2, -0.15) is 0 Å². The van der Waals surface area contributed by atoms with E-state index in [9.17, 15) is 14.0 Å². The SMILES string of the molecule is Cc1[nH]c(C=C2C(=O)Nc3ccc(F)cc32)c(C)c1C(=O)NCCN1CCN(C)CC1. The number of likely N-dealkylation sites (N-methyl/N-ethyl adjacent to an activating group) is 1. The van der Waals surface area contributed by atoms with E-state index in [0.29, 0.717) is 34.6 Å². The molecule has 0 unspecified atom stereocenters. The Morgan fingerprint density at radius 2 is 1.97 bits per heavy atom. The first kappa shape index (κ1) is 21.3. The summed E-state index contributed by atoms with van der Waals surface area (Å²) in [5, 5.41) is 5.76. The number of carbonyl (C=O) groups excluding carboxylic acids is 2. The Kier molecular flexibility index (Phi) is 5.93. The van der Waals surface area contributed by atoms with E-state index >= 15 is 0 Å². The second-order valence-electron chi connectivity index (χ2n) is 8.27. The Hall–Kier alpha value is -2.97. The van der Waals surface area contributed by atoms with Gasteiger partial charge in [-0.05, 0) is 50.7 Å². The Morgan fingerprint density at radius 1 is 1.23 bits per heavy atom. The fourth-order valence-electron chi connectivity index (χ4n) is 4.19. The molecule has 2 aliphatic heterocycles. The zero-order valence-corrected chi connectivity index (χ0v) is 18.1. The number of nitrogens with one attached hydrogen (secondary N) is 3. The van der Waals surface area contributed by atoms with Crippen LogP contribution in [0, 0.1) is 19.7 Å². The predicted octanol–water partition coefficient (Wildman–Crippen LogP) is 2.24. The van der Waals surface area contributed by atoms with E-state index in [1.807, 2.05) is 13.8 Å². The zero-order chi connectivity index (χ0) is 22.1. The highest BCUT2D eigenvalue weighted by atomic mass is 19.1. The number of nitrogens with zero attached hydrogens (tertiary/aromatic N) is 2. The van der Waals surface area contributed by atoms with Crippen LogP contribution in [0.5, 0.6) is 0 Å². The van der Waals surface area contributed by atoms with E-state index < -0.39 is 5.82 Å². The number of aryl methyl sites for hydroxylation is 1. The molecule has 1 aromatic carbocycles. The van der Waals surface area contributed by atoms with Gasteiger partial charge in [0.05, 0.1) is 11.1 Å². The summed E-state index contributed by atoms with van der Waals surface area (Å²) in [7, 11) is 2.12. The minimum atomic E-state index is -0.402. The van der Waals surface area contributed by atoms with Crippen LogP contribution in [-0.2, 0) is 4.79 Å². The largest absolute Gasteiger partial charge is 0.358 e. The highest BCUT2D eigenvalue weighted by Crippen LogP contribution is 2.34. The number of amides is 2. The maximum absolute atomic E-state index is 13.7. The molecule has 0 saturated carbocycles. The summed E-state index contributed by atoms with van der Waals surface area (Å²) in [6, 6.07) is 4.21. The number of fused-ring (bicyclic) bond motifs is 1. The van der Waals surface area contributed by atoms with Gasteiger partial charge in [-0.1, -0.05) is 0 Å². The third-order valence-electron chi connectivity index (χ3n) is 6.07. The van der Waals surface area contributed by atoms with Gasteiger partial charge in [0.15, 0.2) is 0 Å². The van der Waals surface area contributed by atoms with Crippen molar-refractivity contribution in [1.82, 2.24) is 20.1 Å². The number of hydrogen-bond acceptors (Lipinski definition) is 4. The van der Waals surface area contributed by atoms with Crippen molar-refractivity contribution in [3.05, 3.63) is 52.1 Å². The quantitative estimate of drug-likeness (QED) is 0.642. The molecule has 4 rings (SSSR count). The first-order valence-corrected chi connectivity index (χ1v) is 10.5. The van der Waals surface area contributed by atoms with Crippen LogP contribution in [0.4, 0.5) is 10.1 Å². The monoisotopic (exact) mass is 425 g/mol. The maximum Gasteiger partial charge on any atom is 0.256 e. The number of carbonyl (C=O) groups is 2. The van der Waals surface area contributed by atoms with Crippen molar-refractivity contribution >= 4 is 29.2 Å². The predicted molar refractivity (Wildman–Crippen MR) is 119 cm³/mol. The molecule has 2 aliphatic rings. The average Bonchev–Trinajstić information content (AvgIpc) is 3.19. The van der Waals surface area contributed by atoms with Crippen molar-refractivity contribution in [3.8, 4) is 0 Å². The van der Waals surface area contributed by atoms with Crippen molar-refractivity contribution < 1.29 is 14.0 Å². The van der Waals surface area contributed by atoms with Crippen LogP contribution < -0.4 is 10.6 Å². The van der Waals surface area contributed by atoms with Gasteiger partial charge in [-0.25, -0.2) is 4.39 Å². The van der Waals surface area contributed by atoms with E-state index in [0.717, 1.165) is 44.0 Å². The zero-order valence-electron chi connectivity index (χ0n) is 18.1. The molecule has 0 spiro atoms. The lowest BCUT2D eigenvalue weighted by atomic mass is 10.0. The molecule has 1 saturated heterocycles. The van der Waals surface area contributed by atoms with Crippen LogP contribution in [0.2, 0.25) is 0 Å². The Morgan fingerprint density at radius 3 is 2.71 bits per heavy atom. The smallest absolute Gasteiger partial charge is 0.256 e. The molecule has 0 bridgehead atoms. The maximum atomic E-state index is 13.7. The topological polar surface area (TPSA) is 80.5 Å². The molecule has 31 heavy (non-hydrogen) atoms. The number of piperazine rings is 1. The minimum absolute atomic E-state index is 0.132. The third kappa shape index (κ3) is 4.40.